The third kappa shape index (κ3) is 8.43. The molecule has 1 aliphatic heterocycles. The third-order valence-electron chi connectivity index (χ3n) is 4.98. The Morgan fingerprint density at radius 3 is 2.53 bits per heavy atom. The van der Waals surface area contributed by atoms with E-state index in [1.807, 2.05) is 17.0 Å². The number of likely N-dealkylation sites (tertiary alicyclic amines) is 1. The molecule has 9 nitrogen and oxygen atoms in total. The first-order chi connectivity index (χ1) is 14.9. The number of nitrogens with one attached hydrogen (secondary N) is 2. The van der Waals surface area contributed by atoms with E-state index in [0.717, 1.165) is 43.7 Å². The molecule has 0 bridgehead atoms. The average Bonchev–Trinajstić information content (AvgIpc) is 3.40. The number of carbonyl (C=O) groups excluding carboxylic acids is 1. The highest BCUT2D eigenvalue weighted by Gasteiger charge is 2.18. The number of halogens is 1. The average molecular weight is 575 g/mol. The van der Waals surface area contributed by atoms with E-state index < -0.39 is 10.0 Å². The molecule has 0 saturated carbocycles. The van der Waals surface area contributed by atoms with Gasteiger partial charge in [0.2, 0.25) is 15.9 Å². The van der Waals surface area contributed by atoms with Crippen molar-refractivity contribution >= 4 is 45.9 Å². The lowest BCUT2D eigenvalue weighted by atomic mass is 10.2. The predicted octanol–water partition coefficient (Wildman–Crippen LogP) is 1.84. The lowest BCUT2D eigenvalue weighted by Gasteiger charge is -2.16. The zero-order chi connectivity index (χ0) is 22.1. The van der Waals surface area contributed by atoms with Crippen LogP contribution in [0.25, 0.3) is 0 Å². The minimum Gasteiger partial charge on any atom is -0.469 e. The molecule has 4 N–H and O–H groups in total. The SMILES string of the molecule is I.NS(=O)(=O)c1ccc(CN=C(NCCCN2CCCC2=O)NCCc2ccco2)cc1. The smallest absolute Gasteiger partial charge is 0.238 e. The predicted molar refractivity (Wildman–Crippen MR) is 133 cm³/mol. The Labute approximate surface area is 205 Å². The second-order valence-corrected chi connectivity index (χ2v) is 8.94. The maximum atomic E-state index is 11.7. The number of furan rings is 1. The first-order valence-electron chi connectivity index (χ1n) is 10.4. The van der Waals surface area contributed by atoms with E-state index >= 15 is 0 Å². The fourth-order valence-electron chi connectivity index (χ4n) is 3.31. The van der Waals surface area contributed by atoms with Gasteiger partial charge in [-0.25, -0.2) is 18.5 Å². The largest absolute Gasteiger partial charge is 0.469 e. The molecule has 1 aromatic heterocycles. The summed E-state index contributed by atoms with van der Waals surface area (Å²) < 4.78 is 28.1. The summed E-state index contributed by atoms with van der Waals surface area (Å²) in [5.41, 5.74) is 0.863. The molecule has 11 heteroatoms. The van der Waals surface area contributed by atoms with Crippen LogP contribution in [0.1, 0.15) is 30.6 Å². The molecular formula is C21H30IN5O4S. The molecule has 0 radical (unpaired) electrons. The Balaban J connectivity index is 0.00000363. The van der Waals surface area contributed by atoms with Gasteiger partial charge in [0, 0.05) is 39.0 Å². The number of nitrogens with zero attached hydrogens (tertiary/aromatic N) is 2. The van der Waals surface area contributed by atoms with Gasteiger partial charge in [0.1, 0.15) is 5.76 Å². The molecule has 176 valence electrons. The highest BCUT2D eigenvalue weighted by molar-refractivity contribution is 14.0. The van der Waals surface area contributed by atoms with Crippen LogP contribution in [0.4, 0.5) is 0 Å². The second-order valence-electron chi connectivity index (χ2n) is 7.37. The molecular weight excluding hydrogens is 545 g/mol. The van der Waals surface area contributed by atoms with Gasteiger partial charge in [0.25, 0.3) is 0 Å². The Morgan fingerprint density at radius 2 is 1.91 bits per heavy atom. The summed E-state index contributed by atoms with van der Waals surface area (Å²) in [6.45, 7) is 3.29. The van der Waals surface area contributed by atoms with Crippen LogP contribution in [0.2, 0.25) is 0 Å². The highest BCUT2D eigenvalue weighted by atomic mass is 127. The van der Waals surface area contributed by atoms with E-state index in [1.54, 1.807) is 18.4 Å². The normalized spacial score (nSPS) is 14.3. The topological polar surface area (TPSA) is 130 Å². The summed E-state index contributed by atoms with van der Waals surface area (Å²) in [7, 11) is -3.71. The molecule has 3 rings (SSSR count). The molecule has 1 aliphatic rings. The highest BCUT2D eigenvalue weighted by Crippen LogP contribution is 2.10. The van der Waals surface area contributed by atoms with Crippen molar-refractivity contribution in [1.29, 1.82) is 0 Å². The van der Waals surface area contributed by atoms with Gasteiger partial charge in [-0.15, -0.1) is 24.0 Å². The number of hydrogen-bond donors (Lipinski definition) is 3. The molecule has 1 saturated heterocycles. The number of nitrogens with two attached hydrogens (primary N) is 1. The lowest BCUT2D eigenvalue weighted by molar-refractivity contribution is -0.127. The van der Waals surface area contributed by atoms with Gasteiger partial charge >= 0.3 is 0 Å². The van der Waals surface area contributed by atoms with E-state index in [1.165, 1.54) is 12.1 Å². The molecule has 1 amide bonds. The Hall–Kier alpha value is -2.12. The lowest BCUT2D eigenvalue weighted by Crippen LogP contribution is -2.40. The van der Waals surface area contributed by atoms with Crippen LogP contribution in [-0.4, -0.2) is 51.4 Å². The maximum absolute atomic E-state index is 11.7. The number of benzene rings is 1. The molecule has 1 fully saturated rings. The van der Waals surface area contributed by atoms with Crippen LogP contribution in [0.3, 0.4) is 0 Å². The van der Waals surface area contributed by atoms with Gasteiger partial charge < -0.3 is 20.0 Å². The molecule has 2 aromatic rings. The number of carbonyl (C=O) groups is 1. The van der Waals surface area contributed by atoms with Crippen molar-refractivity contribution in [2.24, 2.45) is 10.1 Å². The Morgan fingerprint density at radius 1 is 1.16 bits per heavy atom. The van der Waals surface area contributed by atoms with Gasteiger partial charge in [-0.05, 0) is 42.7 Å². The van der Waals surface area contributed by atoms with Gasteiger partial charge in [-0.3, -0.25) is 4.79 Å². The van der Waals surface area contributed by atoms with Gasteiger partial charge in [0.15, 0.2) is 5.96 Å². The van der Waals surface area contributed by atoms with Crippen molar-refractivity contribution in [3.05, 3.63) is 54.0 Å². The van der Waals surface area contributed by atoms with Crippen molar-refractivity contribution in [3.63, 3.8) is 0 Å². The first kappa shape index (κ1) is 26.1. The summed E-state index contributed by atoms with van der Waals surface area (Å²) in [4.78, 5) is 18.3. The third-order valence-corrected chi connectivity index (χ3v) is 5.91. The number of hydrogen-bond acceptors (Lipinski definition) is 5. The molecule has 0 aliphatic carbocycles. The number of rotatable bonds is 10. The van der Waals surface area contributed by atoms with Crippen LogP contribution in [0.15, 0.2) is 57.0 Å². The van der Waals surface area contributed by atoms with Crippen molar-refractivity contribution < 1.29 is 17.6 Å². The van der Waals surface area contributed by atoms with Crippen LogP contribution in [0, 0.1) is 0 Å². The number of primary sulfonamides is 1. The van der Waals surface area contributed by atoms with Crippen molar-refractivity contribution in [1.82, 2.24) is 15.5 Å². The molecule has 1 aromatic carbocycles. The maximum Gasteiger partial charge on any atom is 0.238 e. The molecule has 0 unspecified atom stereocenters. The van der Waals surface area contributed by atoms with Crippen molar-refractivity contribution in [3.8, 4) is 0 Å². The Kier molecular flexibility index (Phi) is 10.5. The monoisotopic (exact) mass is 575 g/mol. The fourth-order valence-corrected chi connectivity index (χ4v) is 3.82. The van der Waals surface area contributed by atoms with E-state index in [4.69, 9.17) is 9.56 Å². The van der Waals surface area contributed by atoms with Crippen molar-refractivity contribution in [2.75, 3.05) is 26.2 Å². The zero-order valence-electron chi connectivity index (χ0n) is 17.8. The molecule has 2 heterocycles. The fraction of sp³-hybridized carbons (Fsp3) is 0.429. The molecule has 0 spiro atoms. The quantitative estimate of drug-likeness (QED) is 0.172. The minimum absolute atomic E-state index is 0. The standard InChI is InChI=1S/C21H29N5O4S.HI/c22-31(28,29)19-8-6-17(7-9-19)16-25-21(24-12-10-18-4-2-15-30-18)23-11-3-14-26-13-1-5-20(26)27;/h2,4,6-9,15H,1,3,5,10-14,16H2,(H2,22,28,29)(H2,23,24,25);1H. The van der Waals surface area contributed by atoms with E-state index in [2.05, 4.69) is 15.6 Å². The number of amides is 1. The summed E-state index contributed by atoms with van der Waals surface area (Å²) in [5, 5.41) is 11.7. The molecule has 0 atom stereocenters. The van der Waals surface area contributed by atoms with Crippen LogP contribution < -0.4 is 15.8 Å². The van der Waals surface area contributed by atoms with Gasteiger partial charge in [-0.1, -0.05) is 12.1 Å². The summed E-state index contributed by atoms with van der Waals surface area (Å²) in [6, 6.07) is 10.1. The molecule has 32 heavy (non-hydrogen) atoms. The van der Waals surface area contributed by atoms with Crippen LogP contribution in [-0.2, 0) is 27.8 Å². The van der Waals surface area contributed by atoms with Gasteiger partial charge in [-0.2, -0.15) is 0 Å². The Bertz CT molecular complexity index is 978. The van der Waals surface area contributed by atoms with Gasteiger partial charge in [0.05, 0.1) is 17.7 Å². The number of guanidine groups is 1. The van der Waals surface area contributed by atoms with E-state index in [0.29, 0.717) is 32.0 Å². The second kappa shape index (κ2) is 12.8. The van der Waals surface area contributed by atoms with Crippen LogP contribution in [0.5, 0.6) is 0 Å². The summed E-state index contributed by atoms with van der Waals surface area (Å²) in [6.07, 6.45) is 4.79. The van der Waals surface area contributed by atoms with Crippen molar-refractivity contribution in [2.45, 2.75) is 37.1 Å². The van der Waals surface area contributed by atoms with E-state index in [9.17, 15) is 13.2 Å². The summed E-state index contributed by atoms with van der Waals surface area (Å²) in [5.74, 6) is 1.77. The number of sulfonamides is 1. The van der Waals surface area contributed by atoms with E-state index in [-0.39, 0.29) is 34.8 Å². The summed E-state index contributed by atoms with van der Waals surface area (Å²) >= 11 is 0. The minimum atomic E-state index is -3.71. The number of aliphatic imine (C=N–C) groups is 1. The van der Waals surface area contributed by atoms with Crippen LogP contribution >= 0.6 is 24.0 Å². The first-order valence-corrected chi connectivity index (χ1v) is 11.9. The zero-order valence-corrected chi connectivity index (χ0v) is 21.0.